The summed E-state index contributed by atoms with van der Waals surface area (Å²) in [6.45, 7) is 8.27. The van der Waals surface area contributed by atoms with Crippen molar-refractivity contribution in [3.63, 3.8) is 0 Å². The van der Waals surface area contributed by atoms with Crippen LogP contribution in [0.1, 0.15) is 48.8 Å². The van der Waals surface area contributed by atoms with Crippen molar-refractivity contribution in [2.24, 2.45) is 0 Å². The van der Waals surface area contributed by atoms with Gasteiger partial charge < -0.3 is 14.5 Å². The fourth-order valence-electron chi connectivity index (χ4n) is 4.12. The van der Waals surface area contributed by atoms with Crippen LogP contribution in [0, 0.1) is 6.92 Å². The molecule has 0 saturated heterocycles. The average Bonchev–Trinajstić information content (AvgIpc) is 3.37. The van der Waals surface area contributed by atoms with Gasteiger partial charge in [0.2, 0.25) is 0 Å². The van der Waals surface area contributed by atoms with Crippen LogP contribution in [-0.4, -0.2) is 27.4 Å². The van der Waals surface area contributed by atoms with Gasteiger partial charge in [-0.3, -0.25) is 4.79 Å². The molecule has 6 nitrogen and oxygen atoms in total. The Kier molecular flexibility index (Phi) is 8.54. The molecule has 1 N–H and O–H groups in total. The molecule has 0 atom stereocenters. The smallest absolute Gasteiger partial charge is 0.274 e. The molecular formula is C32H34N4O2. The van der Waals surface area contributed by atoms with E-state index in [1.807, 2.05) is 79.2 Å². The van der Waals surface area contributed by atoms with Gasteiger partial charge in [-0.05, 0) is 74.6 Å². The van der Waals surface area contributed by atoms with Gasteiger partial charge in [0.05, 0.1) is 19.0 Å². The van der Waals surface area contributed by atoms with Crippen LogP contribution in [0.2, 0.25) is 0 Å². The molecule has 4 rings (SSSR count). The van der Waals surface area contributed by atoms with Gasteiger partial charge in [0, 0.05) is 23.6 Å². The number of rotatable bonds is 9. The van der Waals surface area contributed by atoms with Gasteiger partial charge in [-0.2, -0.15) is 0 Å². The van der Waals surface area contributed by atoms with Gasteiger partial charge in [-0.15, -0.1) is 0 Å². The molecule has 0 aliphatic rings. The molecule has 0 fully saturated rings. The lowest BCUT2D eigenvalue weighted by Gasteiger charge is -2.12. The van der Waals surface area contributed by atoms with Crippen LogP contribution in [0.25, 0.3) is 16.9 Å². The van der Waals surface area contributed by atoms with Crippen molar-refractivity contribution >= 4 is 17.2 Å². The molecule has 3 aromatic heterocycles. The number of carbonyl (C=O) groups excluding carboxylic acids is 1. The molecule has 1 aromatic carbocycles. The number of hydrogen-bond donors (Lipinski definition) is 1. The molecule has 0 spiro atoms. The molecule has 6 heteroatoms. The number of nitrogens with zero attached hydrogens (tertiary/aromatic N) is 3. The van der Waals surface area contributed by atoms with E-state index in [0.717, 1.165) is 40.0 Å². The van der Waals surface area contributed by atoms with Crippen LogP contribution in [0.5, 0.6) is 5.75 Å². The van der Waals surface area contributed by atoms with Crippen molar-refractivity contribution in [1.29, 1.82) is 0 Å². The van der Waals surface area contributed by atoms with Gasteiger partial charge >= 0.3 is 0 Å². The Hall–Kier alpha value is -4.45. The molecule has 0 aliphatic carbocycles. The molecule has 0 unspecified atom stereocenters. The van der Waals surface area contributed by atoms with E-state index >= 15 is 0 Å². The Labute approximate surface area is 224 Å². The summed E-state index contributed by atoms with van der Waals surface area (Å²) < 4.78 is 7.42. The maximum atomic E-state index is 13.3. The number of pyridine rings is 2. The summed E-state index contributed by atoms with van der Waals surface area (Å²) in [5, 5.41) is 3.00. The number of hydrogen-bond acceptors (Lipinski definition) is 4. The first-order chi connectivity index (χ1) is 18.4. The highest BCUT2D eigenvalue weighted by atomic mass is 16.5. The average molecular weight is 507 g/mol. The number of anilines is 1. The number of benzene rings is 1. The second kappa shape index (κ2) is 12.2. The molecule has 1 amide bonds. The van der Waals surface area contributed by atoms with E-state index < -0.39 is 0 Å². The Bertz CT molecular complexity index is 1530. The Morgan fingerprint density at radius 2 is 1.95 bits per heavy atom. The van der Waals surface area contributed by atoms with Crippen molar-refractivity contribution < 1.29 is 9.53 Å². The zero-order valence-corrected chi connectivity index (χ0v) is 22.7. The molecule has 3 heterocycles. The number of amides is 1. The lowest BCUT2D eigenvalue weighted by molar-refractivity contribution is 0.102. The van der Waals surface area contributed by atoms with E-state index in [0.29, 0.717) is 23.6 Å². The van der Waals surface area contributed by atoms with E-state index in [1.54, 1.807) is 13.3 Å². The third-order valence-electron chi connectivity index (χ3n) is 6.42. The Morgan fingerprint density at radius 3 is 2.63 bits per heavy atom. The monoisotopic (exact) mass is 506 g/mol. The summed E-state index contributed by atoms with van der Waals surface area (Å²) in [5.41, 5.74) is 8.14. The van der Waals surface area contributed by atoms with Gasteiger partial charge in [-0.25, -0.2) is 9.97 Å². The van der Waals surface area contributed by atoms with Crippen LogP contribution >= 0.6 is 0 Å². The second-order valence-corrected chi connectivity index (χ2v) is 9.25. The van der Waals surface area contributed by atoms with E-state index in [2.05, 4.69) is 42.4 Å². The molecule has 4 aromatic rings. The zero-order chi connectivity index (χ0) is 27.1. The number of allylic oxidation sites excluding steroid dienone is 6. The van der Waals surface area contributed by atoms with Gasteiger partial charge in [0.25, 0.3) is 5.91 Å². The summed E-state index contributed by atoms with van der Waals surface area (Å²) in [6, 6.07) is 13.6. The molecule has 0 radical (unpaired) electrons. The maximum absolute atomic E-state index is 13.3. The van der Waals surface area contributed by atoms with Crippen molar-refractivity contribution in [1.82, 2.24) is 14.4 Å². The number of imidazole rings is 1. The van der Waals surface area contributed by atoms with E-state index in [-0.39, 0.29) is 5.91 Å². The lowest BCUT2D eigenvalue weighted by Crippen LogP contribution is -2.16. The van der Waals surface area contributed by atoms with E-state index in [4.69, 9.17) is 9.72 Å². The van der Waals surface area contributed by atoms with E-state index in [1.165, 1.54) is 5.57 Å². The topological polar surface area (TPSA) is 68.5 Å². The van der Waals surface area contributed by atoms with Crippen LogP contribution in [0.15, 0.2) is 96.5 Å². The first kappa shape index (κ1) is 26.6. The molecular weight excluding hydrogens is 472 g/mol. The minimum atomic E-state index is -0.265. The number of fused-ring (bicyclic) bond motifs is 1. The third-order valence-corrected chi connectivity index (χ3v) is 6.42. The summed E-state index contributed by atoms with van der Waals surface area (Å²) in [7, 11) is 1.60. The first-order valence-corrected chi connectivity index (χ1v) is 12.8. The summed E-state index contributed by atoms with van der Waals surface area (Å²) >= 11 is 0. The van der Waals surface area contributed by atoms with Crippen LogP contribution in [0.4, 0.5) is 5.69 Å². The van der Waals surface area contributed by atoms with Crippen LogP contribution < -0.4 is 10.1 Å². The standard InChI is InChI=1S/C32H34N4O2/c1-6-9-24(12-11-22(3)7-2)18-26-19-28(38-5)20-33-30(26)32(37)34-27-15-13-25(14-16-27)29-21-36-17-8-10-23(4)31(36)35-29/h6,8-17,19-21H,7,18H2,1-5H3,(H,34,37). The molecule has 0 aliphatic heterocycles. The summed E-state index contributed by atoms with van der Waals surface area (Å²) in [6.07, 6.45) is 15.4. The first-order valence-electron chi connectivity index (χ1n) is 12.8. The van der Waals surface area contributed by atoms with Crippen molar-refractivity contribution in [2.45, 2.75) is 40.5 Å². The summed E-state index contributed by atoms with van der Waals surface area (Å²) in [5.74, 6) is 0.350. The minimum absolute atomic E-state index is 0.265. The highest BCUT2D eigenvalue weighted by Gasteiger charge is 2.16. The largest absolute Gasteiger partial charge is 0.495 e. The quantitative estimate of drug-likeness (QED) is 0.241. The number of aryl methyl sites for hydroxylation is 1. The Balaban J connectivity index is 1.57. The Morgan fingerprint density at radius 1 is 1.16 bits per heavy atom. The third kappa shape index (κ3) is 6.27. The molecule has 38 heavy (non-hydrogen) atoms. The van der Waals surface area contributed by atoms with E-state index in [9.17, 15) is 4.79 Å². The summed E-state index contributed by atoms with van der Waals surface area (Å²) in [4.78, 5) is 22.5. The van der Waals surface area contributed by atoms with Crippen molar-refractivity contribution in [2.75, 3.05) is 12.4 Å². The van der Waals surface area contributed by atoms with Gasteiger partial charge in [0.15, 0.2) is 0 Å². The van der Waals surface area contributed by atoms with Gasteiger partial charge in [-0.1, -0.05) is 55.0 Å². The zero-order valence-electron chi connectivity index (χ0n) is 22.7. The molecule has 0 bridgehead atoms. The number of methoxy groups -OCH3 is 1. The van der Waals surface area contributed by atoms with Gasteiger partial charge in [0.1, 0.15) is 17.1 Å². The minimum Gasteiger partial charge on any atom is -0.495 e. The number of nitrogens with one attached hydrogen (secondary N) is 1. The maximum Gasteiger partial charge on any atom is 0.274 e. The predicted octanol–water partition coefficient (Wildman–Crippen LogP) is 7.37. The normalized spacial score (nSPS) is 12.3. The number of aromatic nitrogens is 3. The predicted molar refractivity (Wildman–Crippen MR) is 155 cm³/mol. The highest BCUT2D eigenvalue weighted by Crippen LogP contribution is 2.24. The van der Waals surface area contributed by atoms with Crippen molar-refractivity contribution in [3.8, 4) is 17.0 Å². The second-order valence-electron chi connectivity index (χ2n) is 9.25. The number of carbonyl (C=O) groups is 1. The fraction of sp³-hybridized carbons (Fsp3) is 0.219. The molecule has 194 valence electrons. The fourth-order valence-corrected chi connectivity index (χ4v) is 4.12. The van der Waals surface area contributed by atoms with Crippen LogP contribution in [-0.2, 0) is 6.42 Å². The SMILES string of the molecule is CC=CC(=CC=C(C)CC)Cc1cc(OC)cnc1C(=O)Nc1ccc(-c2cn3cccc(C)c3n2)cc1. The van der Waals surface area contributed by atoms with Crippen LogP contribution in [0.3, 0.4) is 0 Å². The lowest BCUT2D eigenvalue weighted by atomic mass is 10.0. The number of ether oxygens (including phenoxy) is 1. The highest BCUT2D eigenvalue weighted by molar-refractivity contribution is 6.04. The molecule has 0 saturated carbocycles. The van der Waals surface area contributed by atoms with Crippen molar-refractivity contribution in [3.05, 3.63) is 113 Å².